The maximum Gasteiger partial charge on any atom is 0.266 e. The first-order chi connectivity index (χ1) is 8.81. The van der Waals surface area contributed by atoms with Gasteiger partial charge in [0.1, 0.15) is 10.7 Å². The van der Waals surface area contributed by atoms with Crippen LogP contribution in [0.25, 0.3) is 0 Å². The fourth-order valence-corrected chi connectivity index (χ4v) is 3.26. The van der Waals surface area contributed by atoms with Crippen molar-refractivity contribution in [2.75, 3.05) is 4.72 Å². The molecule has 19 heavy (non-hydrogen) atoms. The summed E-state index contributed by atoms with van der Waals surface area (Å²) >= 11 is 11.4. The van der Waals surface area contributed by atoms with E-state index in [-0.39, 0.29) is 15.9 Å². The average Bonchev–Trinajstić information content (AvgIpc) is 2.69. The fraction of sp³-hybridized carbons (Fsp3) is 0.100. The molecule has 6 nitrogen and oxygen atoms in total. The lowest BCUT2D eigenvalue weighted by molar-refractivity contribution is 0.459. The predicted molar refractivity (Wildman–Crippen MR) is 72.1 cm³/mol. The zero-order valence-electron chi connectivity index (χ0n) is 9.63. The maximum atomic E-state index is 12.1. The number of nitrogens with zero attached hydrogens (tertiary/aromatic N) is 2. The van der Waals surface area contributed by atoms with Gasteiger partial charge in [-0.3, -0.25) is 9.40 Å². The van der Waals surface area contributed by atoms with Gasteiger partial charge in [0.05, 0.1) is 11.2 Å². The van der Waals surface area contributed by atoms with Crippen molar-refractivity contribution in [3.63, 3.8) is 0 Å². The number of phenolic OH excluding ortho intramolecular Hbond substituents is 1. The monoisotopic (exact) mass is 321 g/mol. The number of nitrogens with one attached hydrogen (secondary N) is 1. The Balaban J connectivity index is 2.49. The van der Waals surface area contributed by atoms with Crippen molar-refractivity contribution >= 4 is 39.0 Å². The third-order valence-electron chi connectivity index (χ3n) is 2.34. The van der Waals surface area contributed by atoms with Gasteiger partial charge in [0.15, 0.2) is 5.75 Å². The summed E-state index contributed by atoms with van der Waals surface area (Å²) in [6.07, 6.45) is 1.43. The average molecular weight is 322 g/mol. The lowest BCUT2D eigenvalue weighted by Gasteiger charge is -2.10. The summed E-state index contributed by atoms with van der Waals surface area (Å²) < 4.78 is 27.9. The molecule has 2 N–H and O–H groups in total. The zero-order valence-corrected chi connectivity index (χ0v) is 12.0. The number of halogens is 2. The van der Waals surface area contributed by atoms with Gasteiger partial charge in [-0.15, -0.1) is 0 Å². The highest BCUT2D eigenvalue weighted by molar-refractivity contribution is 7.92. The van der Waals surface area contributed by atoms with Crippen LogP contribution in [0.15, 0.2) is 29.3 Å². The first-order valence-corrected chi connectivity index (χ1v) is 7.24. The van der Waals surface area contributed by atoms with Gasteiger partial charge in [-0.2, -0.15) is 5.10 Å². The smallest absolute Gasteiger partial charge is 0.266 e. The molecule has 0 saturated heterocycles. The van der Waals surface area contributed by atoms with Crippen molar-refractivity contribution in [2.45, 2.75) is 4.90 Å². The number of hydrogen-bond acceptors (Lipinski definition) is 4. The van der Waals surface area contributed by atoms with Crippen molar-refractivity contribution in [2.24, 2.45) is 7.05 Å². The number of phenols is 1. The van der Waals surface area contributed by atoms with E-state index in [9.17, 15) is 13.5 Å². The van der Waals surface area contributed by atoms with E-state index in [0.717, 1.165) is 6.07 Å². The third kappa shape index (κ3) is 2.78. The molecule has 0 aliphatic carbocycles. The van der Waals surface area contributed by atoms with Crippen molar-refractivity contribution < 1.29 is 13.5 Å². The molecule has 1 aromatic carbocycles. The first-order valence-electron chi connectivity index (χ1n) is 5.00. The predicted octanol–water partition coefficient (Wildman–Crippen LogP) is 2.23. The van der Waals surface area contributed by atoms with Crippen LogP contribution in [-0.2, 0) is 17.1 Å². The minimum Gasteiger partial charge on any atom is -0.505 e. The standard InChI is InChI=1S/C10H9Cl2N3O3S/c1-15-9(2-3-13-15)14-19(17,18)8-5-6(11)4-7(12)10(8)16/h2-5,14,16H,1H3. The van der Waals surface area contributed by atoms with Crippen molar-refractivity contribution in [1.82, 2.24) is 9.78 Å². The minimum absolute atomic E-state index is 0.105. The number of aromatic hydroxyl groups is 1. The Morgan fingerprint density at radius 3 is 2.63 bits per heavy atom. The van der Waals surface area contributed by atoms with E-state index in [1.807, 2.05) is 0 Å². The van der Waals surface area contributed by atoms with Gasteiger partial charge in [0, 0.05) is 18.1 Å². The SMILES string of the molecule is Cn1nccc1NS(=O)(=O)c1cc(Cl)cc(Cl)c1O. The van der Waals surface area contributed by atoms with Crippen LogP contribution in [0.5, 0.6) is 5.75 Å². The van der Waals surface area contributed by atoms with E-state index in [2.05, 4.69) is 9.82 Å². The van der Waals surface area contributed by atoms with Crippen LogP contribution < -0.4 is 4.72 Å². The first kappa shape index (κ1) is 14.0. The van der Waals surface area contributed by atoms with Gasteiger partial charge in [0.2, 0.25) is 0 Å². The molecule has 0 radical (unpaired) electrons. The number of aromatic nitrogens is 2. The summed E-state index contributed by atoms with van der Waals surface area (Å²) in [7, 11) is -2.44. The molecule has 0 amide bonds. The highest BCUT2D eigenvalue weighted by Gasteiger charge is 2.22. The van der Waals surface area contributed by atoms with Gasteiger partial charge in [-0.1, -0.05) is 23.2 Å². The fourth-order valence-electron chi connectivity index (χ4n) is 1.41. The zero-order chi connectivity index (χ0) is 14.2. The Morgan fingerprint density at radius 1 is 1.37 bits per heavy atom. The molecule has 0 bridgehead atoms. The number of aryl methyl sites for hydroxylation is 1. The van der Waals surface area contributed by atoms with Gasteiger partial charge in [-0.05, 0) is 12.1 Å². The molecule has 0 saturated carbocycles. The molecule has 102 valence electrons. The summed E-state index contributed by atoms with van der Waals surface area (Å²) in [6, 6.07) is 3.84. The second-order valence-corrected chi connectivity index (χ2v) is 6.17. The molecule has 9 heteroatoms. The lowest BCUT2D eigenvalue weighted by atomic mass is 10.3. The highest BCUT2D eigenvalue weighted by Crippen LogP contribution is 2.34. The second-order valence-electron chi connectivity index (χ2n) is 3.68. The molecule has 0 atom stereocenters. The second kappa shape index (κ2) is 4.92. The van der Waals surface area contributed by atoms with Crippen LogP contribution in [0, 0.1) is 0 Å². The van der Waals surface area contributed by atoms with E-state index in [4.69, 9.17) is 23.2 Å². The molecular formula is C10H9Cl2N3O3S. The topological polar surface area (TPSA) is 84.2 Å². The van der Waals surface area contributed by atoms with E-state index >= 15 is 0 Å². The van der Waals surface area contributed by atoms with Gasteiger partial charge in [0.25, 0.3) is 10.0 Å². The number of anilines is 1. The largest absolute Gasteiger partial charge is 0.505 e. The summed E-state index contributed by atoms with van der Waals surface area (Å²) in [6.45, 7) is 0. The molecule has 2 aromatic rings. The Morgan fingerprint density at radius 2 is 2.05 bits per heavy atom. The molecule has 1 heterocycles. The van der Waals surface area contributed by atoms with Crippen LogP contribution in [0.4, 0.5) is 5.82 Å². The summed E-state index contributed by atoms with van der Waals surface area (Å²) in [5.41, 5.74) is 0. The van der Waals surface area contributed by atoms with E-state index < -0.39 is 20.7 Å². The summed E-state index contributed by atoms with van der Waals surface area (Å²) in [5, 5.41) is 13.5. The van der Waals surface area contributed by atoms with Crippen LogP contribution >= 0.6 is 23.2 Å². The van der Waals surface area contributed by atoms with E-state index in [0.29, 0.717) is 0 Å². The van der Waals surface area contributed by atoms with Crippen molar-refractivity contribution in [3.8, 4) is 5.75 Å². The lowest BCUT2D eigenvalue weighted by Crippen LogP contribution is -2.15. The molecular weight excluding hydrogens is 313 g/mol. The Hall–Kier alpha value is -1.44. The van der Waals surface area contributed by atoms with Crippen LogP contribution in [0.1, 0.15) is 0 Å². The van der Waals surface area contributed by atoms with Crippen molar-refractivity contribution in [3.05, 3.63) is 34.4 Å². The Bertz CT molecular complexity index is 728. The number of benzene rings is 1. The molecule has 1 aromatic heterocycles. The van der Waals surface area contributed by atoms with Crippen molar-refractivity contribution in [1.29, 1.82) is 0 Å². The molecule has 0 fully saturated rings. The van der Waals surface area contributed by atoms with Gasteiger partial charge < -0.3 is 5.11 Å². The van der Waals surface area contributed by atoms with Gasteiger partial charge in [-0.25, -0.2) is 8.42 Å². The normalized spacial score (nSPS) is 11.5. The molecule has 2 rings (SSSR count). The van der Waals surface area contributed by atoms with Crippen LogP contribution in [-0.4, -0.2) is 23.3 Å². The van der Waals surface area contributed by atoms with E-state index in [1.165, 1.54) is 23.0 Å². The maximum absolute atomic E-state index is 12.1. The Labute approximate surface area is 119 Å². The summed E-state index contributed by atoms with van der Waals surface area (Å²) in [4.78, 5) is -0.397. The molecule has 0 spiro atoms. The van der Waals surface area contributed by atoms with Gasteiger partial charge >= 0.3 is 0 Å². The quantitative estimate of drug-likeness (QED) is 0.907. The van der Waals surface area contributed by atoms with E-state index in [1.54, 1.807) is 7.05 Å². The molecule has 0 aliphatic rings. The number of hydrogen-bond donors (Lipinski definition) is 2. The minimum atomic E-state index is -4.01. The molecule has 0 aliphatic heterocycles. The van der Waals surface area contributed by atoms with Crippen LogP contribution in [0.3, 0.4) is 0 Å². The Kier molecular flexibility index (Phi) is 3.62. The third-order valence-corrected chi connectivity index (χ3v) is 4.22. The molecule has 0 unspecified atom stereocenters. The van der Waals surface area contributed by atoms with Crippen LogP contribution in [0.2, 0.25) is 10.0 Å². The number of rotatable bonds is 3. The highest BCUT2D eigenvalue weighted by atomic mass is 35.5. The summed E-state index contributed by atoms with van der Waals surface area (Å²) in [5.74, 6) is -0.309. The number of sulfonamides is 1.